The summed E-state index contributed by atoms with van der Waals surface area (Å²) in [5, 5.41) is 3.32. The number of carbonyl (C=O) groups excluding carboxylic acids is 1. The lowest BCUT2D eigenvalue weighted by molar-refractivity contribution is -0.136. The lowest BCUT2D eigenvalue weighted by Gasteiger charge is -2.41. The van der Waals surface area contributed by atoms with Crippen molar-refractivity contribution >= 4 is 18.3 Å². The number of halogens is 2. The van der Waals surface area contributed by atoms with Crippen LogP contribution in [0.3, 0.4) is 0 Å². The van der Waals surface area contributed by atoms with Crippen LogP contribution in [0.4, 0.5) is 4.39 Å². The van der Waals surface area contributed by atoms with E-state index in [1.807, 2.05) is 29.2 Å². The van der Waals surface area contributed by atoms with Gasteiger partial charge in [-0.15, -0.1) is 12.4 Å². The molecule has 5 heteroatoms. The van der Waals surface area contributed by atoms with Crippen molar-refractivity contribution in [3.63, 3.8) is 0 Å². The summed E-state index contributed by atoms with van der Waals surface area (Å²) in [6.07, 6.45) is 0.814. The van der Waals surface area contributed by atoms with E-state index in [9.17, 15) is 9.18 Å². The fourth-order valence-corrected chi connectivity index (χ4v) is 3.66. The van der Waals surface area contributed by atoms with Crippen LogP contribution >= 0.6 is 12.4 Å². The highest BCUT2D eigenvalue weighted by Gasteiger charge is 2.38. The number of hydrogen-bond donors (Lipinski definition) is 1. The van der Waals surface area contributed by atoms with E-state index in [0.717, 1.165) is 24.1 Å². The topological polar surface area (TPSA) is 32.3 Å². The number of rotatable bonds is 2. The maximum absolute atomic E-state index is 13.6. The molecule has 1 N–H and O–H groups in total. The maximum atomic E-state index is 13.6. The summed E-state index contributed by atoms with van der Waals surface area (Å²) in [4.78, 5) is 14.9. The number of piperazine rings is 1. The third kappa shape index (κ3) is 2.92. The molecule has 0 spiro atoms. The molecule has 3 nitrogen and oxygen atoms in total. The van der Waals surface area contributed by atoms with Gasteiger partial charge in [-0.25, -0.2) is 4.39 Å². The quantitative estimate of drug-likeness (QED) is 0.906. The van der Waals surface area contributed by atoms with Crippen molar-refractivity contribution in [1.29, 1.82) is 0 Å². The number of nitrogens with one attached hydrogen (secondary N) is 1. The Kier molecular flexibility index (Phi) is 4.88. The Balaban J connectivity index is 0.00000169. The maximum Gasteiger partial charge on any atom is 0.231 e. The van der Waals surface area contributed by atoms with Crippen molar-refractivity contribution in [2.75, 3.05) is 19.6 Å². The molecule has 0 aromatic heterocycles. The Bertz CT molecular complexity index is 752. The van der Waals surface area contributed by atoms with Gasteiger partial charge in [-0.05, 0) is 35.2 Å². The SMILES string of the molecule is Cl.O=C(C1Cc2ccccc21)N1CCNCC1c1cccc(F)c1. The molecule has 4 rings (SSSR count). The number of hydrogen-bond acceptors (Lipinski definition) is 2. The van der Waals surface area contributed by atoms with Crippen LogP contribution in [0.15, 0.2) is 48.5 Å². The summed E-state index contributed by atoms with van der Waals surface area (Å²) in [6.45, 7) is 2.12. The standard InChI is InChI=1S/C19H19FN2O.ClH/c20-15-6-3-5-14(10-15)18-12-21-8-9-22(18)19(23)17-11-13-4-1-2-7-16(13)17;/h1-7,10,17-18,21H,8-9,11-12H2;1H. The van der Waals surface area contributed by atoms with Crippen molar-refractivity contribution in [3.05, 3.63) is 71.0 Å². The van der Waals surface area contributed by atoms with E-state index in [4.69, 9.17) is 0 Å². The van der Waals surface area contributed by atoms with Crippen molar-refractivity contribution in [1.82, 2.24) is 10.2 Å². The molecule has 1 amide bonds. The zero-order valence-corrected chi connectivity index (χ0v) is 14.1. The molecule has 2 aromatic carbocycles. The van der Waals surface area contributed by atoms with Crippen LogP contribution in [0.5, 0.6) is 0 Å². The Morgan fingerprint density at radius 3 is 2.79 bits per heavy atom. The molecule has 24 heavy (non-hydrogen) atoms. The van der Waals surface area contributed by atoms with Gasteiger partial charge in [0.1, 0.15) is 5.82 Å². The minimum Gasteiger partial charge on any atom is -0.333 e. The largest absolute Gasteiger partial charge is 0.333 e. The van der Waals surface area contributed by atoms with Crippen molar-refractivity contribution < 1.29 is 9.18 Å². The summed E-state index contributed by atoms with van der Waals surface area (Å²) in [7, 11) is 0. The van der Waals surface area contributed by atoms with Gasteiger partial charge in [0.15, 0.2) is 0 Å². The van der Waals surface area contributed by atoms with Gasteiger partial charge in [-0.3, -0.25) is 4.79 Å². The lowest BCUT2D eigenvalue weighted by atomic mass is 9.76. The van der Waals surface area contributed by atoms with E-state index < -0.39 is 0 Å². The first kappa shape index (κ1) is 16.9. The molecule has 2 atom stereocenters. The van der Waals surface area contributed by atoms with Gasteiger partial charge in [-0.2, -0.15) is 0 Å². The molecule has 0 saturated carbocycles. The summed E-state index contributed by atoms with van der Waals surface area (Å²) in [5.74, 6) is -0.130. The zero-order valence-electron chi connectivity index (χ0n) is 13.2. The number of nitrogens with zero attached hydrogens (tertiary/aromatic N) is 1. The first-order valence-electron chi connectivity index (χ1n) is 8.08. The van der Waals surface area contributed by atoms with Crippen molar-refractivity contribution in [3.8, 4) is 0 Å². The first-order chi connectivity index (χ1) is 11.2. The molecule has 1 aliphatic heterocycles. The fraction of sp³-hybridized carbons (Fsp3) is 0.316. The van der Waals surface area contributed by atoms with Crippen LogP contribution in [0.2, 0.25) is 0 Å². The number of fused-ring (bicyclic) bond motifs is 1. The van der Waals surface area contributed by atoms with Gasteiger partial charge in [0, 0.05) is 19.6 Å². The van der Waals surface area contributed by atoms with Gasteiger partial charge in [0.05, 0.1) is 12.0 Å². The number of carbonyl (C=O) groups is 1. The monoisotopic (exact) mass is 346 g/mol. The molecule has 2 aromatic rings. The van der Waals surface area contributed by atoms with Gasteiger partial charge in [-0.1, -0.05) is 36.4 Å². The molecular formula is C19H20ClFN2O. The van der Waals surface area contributed by atoms with E-state index in [1.165, 1.54) is 17.7 Å². The molecular weight excluding hydrogens is 327 g/mol. The summed E-state index contributed by atoms with van der Waals surface area (Å²) in [5.41, 5.74) is 3.27. The van der Waals surface area contributed by atoms with E-state index in [-0.39, 0.29) is 36.1 Å². The van der Waals surface area contributed by atoms with Gasteiger partial charge in [0.2, 0.25) is 5.91 Å². The van der Waals surface area contributed by atoms with Crippen LogP contribution < -0.4 is 5.32 Å². The van der Waals surface area contributed by atoms with Crippen LogP contribution in [-0.2, 0) is 11.2 Å². The molecule has 0 radical (unpaired) electrons. The third-order valence-electron chi connectivity index (χ3n) is 4.91. The highest BCUT2D eigenvalue weighted by atomic mass is 35.5. The third-order valence-corrected chi connectivity index (χ3v) is 4.91. The van der Waals surface area contributed by atoms with E-state index in [1.54, 1.807) is 6.07 Å². The predicted molar refractivity (Wildman–Crippen MR) is 93.9 cm³/mol. The lowest BCUT2D eigenvalue weighted by Crippen LogP contribution is -2.51. The summed E-state index contributed by atoms with van der Waals surface area (Å²) < 4.78 is 13.6. The molecule has 1 saturated heterocycles. The molecule has 2 aliphatic rings. The Morgan fingerprint density at radius 1 is 1.17 bits per heavy atom. The first-order valence-corrected chi connectivity index (χ1v) is 8.08. The molecule has 126 valence electrons. The second-order valence-electron chi connectivity index (χ2n) is 6.26. The number of benzene rings is 2. The van der Waals surface area contributed by atoms with Crippen molar-refractivity contribution in [2.45, 2.75) is 18.4 Å². The Labute approximate surface area is 147 Å². The van der Waals surface area contributed by atoms with Crippen LogP contribution in [-0.4, -0.2) is 30.4 Å². The average molecular weight is 347 g/mol. The van der Waals surface area contributed by atoms with Crippen LogP contribution in [0.1, 0.15) is 28.7 Å². The highest BCUT2D eigenvalue weighted by molar-refractivity contribution is 5.87. The van der Waals surface area contributed by atoms with E-state index in [2.05, 4.69) is 11.4 Å². The molecule has 1 heterocycles. The summed E-state index contributed by atoms with van der Waals surface area (Å²) in [6, 6.07) is 14.6. The van der Waals surface area contributed by atoms with E-state index in [0.29, 0.717) is 13.1 Å². The second kappa shape index (κ2) is 6.91. The highest BCUT2D eigenvalue weighted by Crippen LogP contribution is 2.38. The molecule has 1 aliphatic carbocycles. The van der Waals surface area contributed by atoms with Gasteiger partial charge in [0.25, 0.3) is 0 Å². The minimum absolute atomic E-state index is 0. The summed E-state index contributed by atoms with van der Waals surface area (Å²) >= 11 is 0. The molecule has 0 bridgehead atoms. The van der Waals surface area contributed by atoms with Crippen LogP contribution in [0, 0.1) is 5.82 Å². The zero-order chi connectivity index (χ0) is 15.8. The van der Waals surface area contributed by atoms with Crippen molar-refractivity contribution in [2.24, 2.45) is 0 Å². The van der Waals surface area contributed by atoms with Gasteiger partial charge >= 0.3 is 0 Å². The normalized spacial score (nSPS) is 22.1. The fourth-order valence-electron chi connectivity index (χ4n) is 3.66. The smallest absolute Gasteiger partial charge is 0.231 e. The number of amides is 1. The Morgan fingerprint density at radius 2 is 2.00 bits per heavy atom. The minimum atomic E-state index is -0.255. The van der Waals surface area contributed by atoms with E-state index >= 15 is 0 Å². The molecule has 1 fully saturated rings. The second-order valence-corrected chi connectivity index (χ2v) is 6.26. The van der Waals surface area contributed by atoms with Crippen LogP contribution in [0.25, 0.3) is 0 Å². The van der Waals surface area contributed by atoms with Gasteiger partial charge < -0.3 is 10.2 Å². The Hall–Kier alpha value is -1.91. The molecule has 2 unspecified atom stereocenters. The average Bonchev–Trinajstić information content (AvgIpc) is 2.56. The predicted octanol–water partition coefficient (Wildman–Crippen LogP) is 3.06.